The lowest BCUT2D eigenvalue weighted by Gasteiger charge is -2.35. The van der Waals surface area contributed by atoms with E-state index in [1.165, 1.54) is 5.69 Å². The zero-order chi connectivity index (χ0) is 20.9. The molecular weight excluding hydrogens is 378 g/mol. The van der Waals surface area contributed by atoms with Crippen molar-refractivity contribution in [1.82, 2.24) is 15.1 Å². The molecule has 3 aromatic rings. The number of aromatic amines is 1. The Labute approximate surface area is 176 Å². The number of aromatic nitrogens is 2. The van der Waals surface area contributed by atoms with Crippen LogP contribution in [0, 0.1) is 0 Å². The van der Waals surface area contributed by atoms with Crippen molar-refractivity contribution in [2.24, 2.45) is 0 Å². The maximum absolute atomic E-state index is 12.6. The SMILES string of the molecule is CC(C)Oc1ccc(-c2cc(NC(=O)N3CCN(c4ccccc4)CC3)n[nH]2)cc1. The second-order valence-electron chi connectivity index (χ2n) is 7.60. The molecule has 0 bridgehead atoms. The molecule has 0 saturated carbocycles. The standard InChI is InChI=1S/C23H27N5O2/c1-17(2)30-20-10-8-18(9-11-20)21-16-22(26-25-21)24-23(29)28-14-12-27(13-15-28)19-6-4-3-5-7-19/h3-11,16-17H,12-15H2,1-2H3,(H2,24,25,26,29). The van der Waals surface area contributed by atoms with Crippen LogP contribution in [-0.2, 0) is 0 Å². The van der Waals surface area contributed by atoms with Crippen LogP contribution in [0.25, 0.3) is 11.3 Å². The van der Waals surface area contributed by atoms with Crippen molar-refractivity contribution in [3.8, 4) is 17.0 Å². The Morgan fingerprint density at radius 2 is 1.73 bits per heavy atom. The lowest BCUT2D eigenvalue weighted by molar-refractivity contribution is 0.208. The number of piperazine rings is 1. The molecule has 7 nitrogen and oxygen atoms in total. The van der Waals surface area contributed by atoms with Crippen molar-refractivity contribution in [3.05, 3.63) is 60.7 Å². The Hall–Kier alpha value is -3.48. The first-order valence-electron chi connectivity index (χ1n) is 10.3. The fraction of sp³-hybridized carbons (Fsp3) is 0.304. The van der Waals surface area contributed by atoms with E-state index in [1.54, 1.807) is 0 Å². The van der Waals surface area contributed by atoms with Gasteiger partial charge in [-0.1, -0.05) is 18.2 Å². The smallest absolute Gasteiger partial charge is 0.323 e. The van der Waals surface area contributed by atoms with Gasteiger partial charge >= 0.3 is 6.03 Å². The monoisotopic (exact) mass is 405 g/mol. The van der Waals surface area contributed by atoms with Gasteiger partial charge in [-0.2, -0.15) is 5.10 Å². The van der Waals surface area contributed by atoms with Gasteiger partial charge in [0.2, 0.25) is 0 Å². The van der Waals surface area contributed by atoms with Crippen molar-refractivity contribution < 1.29 is 9.53 Å². The molecule has 2 aromatic carbocycles. The Balaban J connectivity index is 1.32. The van der Waals surface area contributed by atoms with E-state index in [0.29, 0.717) is 18.9 Å². The van der Waals surface area contributed by atoms with Gasteiger partial charge in [-0.25, -0.2) is 4.79 Å². The third-order valence-corrected chi connectivity index (χ3v) is 5.04. The summed E-state index contributed by atoms with van der Waals surface area (Å²) in [7, 11) is 0. The molecule has 30 heavy (non-hydrogen) atoms. The highest BCUT2D eigenvalue weighted by Crippen LogP contribution is 2.23. The largest absolute Gasteiger partial charge is 0.491 e. The second kappa shape index (κ2) is 8.90. The maximum atomic E-state index is 12.6. The molecule has 1 aliphatic heterocycles. The number of para-hydroxylation sites is 1. The van der Waals surface area contributed by atoms with Gasteiger partial charge in [-0.05, 0) is 55.8 Å². The average molecular weight is 406 g/mol. The molecular formula is C23H27N5O2. The molecule has 7 heteroatoms. The van der Waals surface area contributed by atoms with Crippen LogP contribution in [0.1, 0.15) is 13.8 Å². The minimum Gasteiger partial charge on any atom is -0.491 e. The van der Waals surface area contributed by atoms with Crippen LogP contribution in [0.4, 0.5) is 16.3 Å². The van der Waals surface area contributed by atoms with Crippen molar-refractivity contribution in [1.29, 1.82) is 0 Å². The van der Waals surface area contributed by atoms with E-state index >= 15 is 0 Å². The fourth-order valence-corrected chi connectivity index (χ4v) is 3.51. The molecule has 1 saturated heterocycles. The molecule has 2 amide bonds. The van der Waals surface area contributed by atoms with Gasteiger partial charge < -0.3 is 14.5 Å². The summed E-state index contributed by atoms with van der Waals surface area (Å²) in [6.45, 7) is 6.98. The van der Waals surface area contributed by atoms with E-state index in [9.17, 15) is 4.79 Å². The van der Waals surface area contributed by atoms with E-state index in [0.717, 1.165) is 30.1 Å². The van der Waals surface area contributed by atoms with Gasteiger partial charge in [-0.15, -0.1) is 0 Å². The third-order valence-electron chi connectivity index (χ3n) is 5.04. The molecule has 4 rings (SSSR count). The lowest BCUT2D eigenvalue weighted by atomic mass is 10.1. The van der Waals surface area contributed by atoms with Gasteiger partial charge in [0, 0.05) is 37.9 Å². The highest BCUT2D eigenvalue weighted by molar-refractivity contribution is 5.89. The van der Waals surface area contributed by atoms with E-state index in [4.69, 9.17) is 4.74 Å². The van der Waals surface area contributed by atoms with Crippen LogP contribution in [0.15, 0.2) is 60.7 Å². The van der Waals surface area contributed by atoms with E-state index in [-0.39, 0.29) is 12.1 Å². The Morgan fingerprint density at radius 3 is 2.40 bits per heavy atom. The first-order valence-corrected chi connectivity index (χ1v) is 10.3. The summed E-state index contributed by atoms with van der Waals surface area (Å²) in [5, 5.41) is 10.1. The molecule has 156 valence electrons. The number of hydrogen-bond donors (Lipinski definition) is 2. The summed E-state index contributed by atoms with van der Waals surface area (Å²) >= 11 is 0. The summed E-state index contributed by atoms with van der Waals surface area (Å²) in [6, 6.07) is 19.8. The van der Waals surface area contributed by atoms with Crippen molar-refractivity contribution in [2.45, 2.75) is 20.0 Å². The highest BCUT2D eigenvalue weighted by atomic mass is 16.5. The van der Waals surface area contributed by atoms with E-state index in [2.05, 4.69) is 32.5 Å². The zero-order valence-corrected chi connectivity index (χ0v) is 17.3. The molecule has 0 radical (unpaired) electrons. The first-order chi connectivity index (χ1) is 14.6. The Bertz CT molecular complexity index is 961. The maximum Gasteiger partial charge on any atom is 0.323 e. The third kappa shape index (κ3) is 4.74. The number of hydrogen-bond acceptors (Lipinski definition) is 4. The molecule has 0 spiro atoms. The number of carbonyl (C=O) groups is 1. The first kappa shape index (κ1) is 19.8. The predicted octanol–water partition coefficient (Wildman–Crippen LogP) is 4.22. The van der Waals surface area contributed by atoms with Gasteiger partial charge in [0.05, 0.1) is 11.8 Å². The van der Waals surface area contributed by atoms with Gasteiger partial charge in [0.1, 0.15) is 5.75 Å². The van der Waals surface area contributed by atoms with Crippen molar-refractivity contribution in [2.75, 3.05) is 36.4 Å². The number of rotatable bonds is 5. The quantitative estimate of drug-likeness (QED) is 0.667. The average Bonchev–Trinajstić information content (AvgIpc) is 3.23. The molecule has 1 aliphatic rings. The van der Waals surface area contributed by atoms with Crippen LogP contribution in [0.2, 0.25) is 0 Å². The van der Waals surface area contributed by atoms with Gasteiger partial charge in [-0.3, -0.25) is 10.4 Å². The molecule has 1 aromatic heterocycles. The van der Waals surface area contributed by atoms with Crippen LogP contribution < -0.4 is 15.0 Å². The molecule has 0 aliphatic carbocycles. The van der Waals surface area contributed by atoms with Crippen LogP contribution in [0.5, 0.6) is 5.75 Å². The number of H-pyrrole nitrogens is 1. The second-order valence-corrected chi connectivity index (χ2v) is 7.60. The summed E-state index contributed by atoms with van der Waals surface area (Å²) in [4.78, 5) is 16.7. The number of amides is 2. The number of ether oxygens (including phenoxy) is 1. The molecule has 2 heterocycles. The number of nitrogens with zero attached hydrogens (tertiary/aromatic N) is 3. The topological polar surface area (TPSA) is 73.5 Å². The number of nitrogens with one attached hydrogen (secondary N) is 2. The molecule has 0 atom stereocenters. The van der Waals surface area contributed by atoms with Crippen LogP contribution >= 0.6 is 0 Å². The Kier molecular flexibility index (Phi) is 5.88. The summed E-state index contributed by atoms with van der Waals surface area (Å²) in [6.07, 6.45) is 0.138. The van der Waals surface area contributed by atoms with E-state index < -0.39 is 0 Å². The van der Waals surface area contributed by atoms with Crippen LogP contribution in [-0.4, -0.2) is 53.4 Å². The minimum absolute atomic E-state index is 0.124. The molecule has 2 N–H and O–H groups in total. The van der Waals surface area contributed by atoms with E-state index in [1.807, 2.05) is 67.3 Å². The van der Waals surface area contributed by atoms with Gasteiger partial charge in [0.15, 0.2) is 5.82 Å². The minimum atomic E-state index is -0.124. The van der Waals surface area contributed by atoms with Crippen molar-refractivity contribution >= 4 is 17.5 Å². The summed E-state index contributed by atoms with van der Waals surface area (Å²) < 4.78 is 5.67. The van der Waals surface area contributed by atoms with Crippen LogP contribution in [0.3, 0.4) is 0 Å². The van der Waals surface area contributed by atoms with Crippen molar-refractivity contribution in [3.63, 3.8) is 0 Å². The number of anilines is 2. The predicted molar refractivity (Wildman–Crippen MR) is 119 cm³/mol. The van der Waals surface area contributed by atoms with Gasteiger partial charge in [0.25, 0.3) is 0 Å². The molecule has 0 unspecified atom stereocenters. The Morgan fingerprint density at radius 1 is 1.03 bits per heavy atom. The number of urea groups is 1. The highest BCUT2D eigenvalue weighted by Gasteiger charge is 2.22. The zero-order valence-electron chi connectivity index (χ0n) is 17.3. The summed E-state index contributed by atoms with van der Waals surface area (Å²) in [5.74, 6) is 1.35. The summed E-state index contributed by atoms with van der Waals surface area (Å²) in [5.41, 5.74) is 3.02. The fourth-order valence-electron chi connectivity index (χ4n) is 3.51. The molecule has 1 fully saturated rings. The number of benzene rings is 2. The number of carbonyl (C=O) groups excluding carboxylic acids is 1. The normalized spacial score (nSPS) is 14.1. The lowest BCUT2D eigenvalue weighted by Crippen LogP contribution is -2.50.